The Bertz CT molecular complexity index is 482. The number of carbonyl (C=O) groups is 1. The van der Waals surface area contributed by atoms with Gasteiger partial charge in [-0.1, -0.05) is 6.92 Å². The maximum atomic E-state index is 11.6. The molecular weight excluding hydrogens is 254 g/mol. The van der Waals surface area contributed by atoms with E-state index < -0.39 is 5.97 Å². The Morgan fingerprint density at radius 3 is 2.60 bits per heavy atom. The highest BCUT2D eigenvalue weighted by atomic mass is 16.5. The van der Waals surface area contributed by atoms with E-state index in [4.69, 9.17) is 10.5 Å². The molecule has 2 rings (SSSR count). The fourth-order valence-corrected chi connectivity index (χ4v) is 2.76. The zero-order valence-corrected chi connectivity index (χ0v) is 12.4. The van der Waals surface area contributed by atoms with E-state index in [0.29, 0.717) is 23.2 Å². The highest BCUT2D eigenvalue weighted by molar-refractivity contribution is 5.88. The van der Waals surface area contributed by atoms with Gasteiger partial charge in [0.05, 0.1) is 12.8 Å². The number of methoxy groups -OCH3 is 1. The zero-order chi connectivity index (χ0) is 14.7. The van der Waals surface area contributed by atoms with Crippen molar-refractivity contribution in [1.82, 2.24) is 4.98 Å². The summed E-state index contributed by atoms with van der Waals surface area (Å²) in [5.74, 6) is 1.04. The third-order valence-corrected chi connectivity index (χ3v) is 4.17. The first-order valence-corrected chi connectivity index (χ1v) is 7.10. The standard InChI is InChI=1S/C15H23N3O2/c1-10-4-6-11(7-5-10)18(2)14-12(16)8-9-13(17-14)15(19)20-3/h8-11H,4-7,16H2,1-3H3. The summed E-state index contributed by atoms with van der Waals surface area (Å²) in [6.45, 7) is 2.29. The Hall–Kier alpha value is -1.78. The van der Waals surface area contributed by atoms with Gasteiger partial charge in [0.25, 0.3) is 0 Å². The first-order valence-electron chi connectivity index (χ1n) is 7.10. The van der Waals surface area contributed by atoms with E-state index in [9.17, 15) is 4.79 Å². The quantitative estimate of drug-likeness (QED) is 0.860. The van der Waals surface area contributed by atoms with Gasteiger partial charge in [0, 0.05) is 13.1 Å². The number of nitrogen functional groups attached to an aromatic ring is 1. The molecule has 1 heterocycles. The van der Waals surface area contributed by atoms with Gasteiger partial charge >= 0.3 is 5.97 Å². The van der Waals surface area contributed by atoms with Crippen LogP contribution in [0.1, 0.15) is 43.1 Å². The lowest BCUT2D eigenvalue weighted by atomic mass is 9.87. The second-order valence-electron chi connectivity index (χ2n) is 5.63. The smallest absolute Gasteiger partial charge is 0.356 e. The van der Waals surface area contributed by atoms with Gasteiger partial charge in [-0.3, -0.25) is 0 Å². The number of hydrogen-bond donors (Lipinski definition) is 1. The van der Waals surface area contributed by atoms with Crippen molar-refractivity contribution in [3.63, 3.8) is 0 Å². The van der Waals surface area contributed by atoms with Crippen molar-refractivity contribution in [1.29, 1.82) is 0 Å². The minimum atomic E-state index is -0.433. The molecule has 0 spiro atoms. The largest absolute Gasteiger partial charge is 0.464 e. The molecule has 0 unspecified atom stereocenters. The second kappa shape index (κ2) is 6.11. The molecule has 0 amide bonds. The van der Waals surface area contributed by atoms with E-state index in [0.717, 1.165) is 18.8 Å². The van der Waals surface area contributed by atoms with Crippen LogP contribution >= 0.6 is 0 Å². The first kappa shape index (κ1) is 14.6. The SMILES string of the molecule is COC(=O)c1ccc(N)c(N(C)C2CCC(C)CC2)n1. The molecule has 5 heteroatoms. The van der Waals surface area contributed by atoms with E-state index in [2.05, 4.69) is 16.8 Å². The molecule has 1 aliphatic carbocycles. The minimum Gasteiger partial charge on any atom is -0.464 e. The second-order valence-corrected chi connectivity index (χ2v) is 5.63. The van der Waals surface area contributed by atoms with E-state index in [-0.39, 0.29) is 0 Å². The maximum absolute atomic E-state index is 11.6. The van der Waals surface area contributed by atoms with Gasteiger partial charge in [-0.15, -0.1) is 0 Å². The van der Waals surface area contributed by atoms with Gasteiger partial charge in [0.15, 0.2) is 11.5 Å². The van der Waals surface area contributed by atoms with Crippen LogP contribution in [0.25, 0.3) is 0 Å². The average molecular weight is 277 g/mol. The molecule has 1 aromatic heterocycles. The van der Waals surface area contributed by atoms with Gasteiger partial charge in [0.1, 0.15) is 0 Å². The Labute approximate surface area is 120 Å². The third kappa shape index (κ3) is 3.03. The summed E-state index contributed by atoms with van der Waals surface area (Å²) in [6, 6.07) is 3.76. The summed E-state index contributed by atoms with van der Waals surface area (Å²) >= 11 is 0. The molecule has 0 aliphatic heterocycles. The molecule has 1 saturated carbocycles. The summed E-state index contributed by atoms with van der Waals surface area (Å²) in [5, 5.41) is 0. The fourth-order valence-electron chi connectivity index (χ4n) is 2.76. The number of nitrogens with zero attached hydrogens (tertiary/aromatic N) is 2. The van der Waals surface area contributed by atoms with Gasteiger partial charge in [-0.2, -0.15) is 0 Å². The summed E-state index contributed by atoms with van der Waals surface area (Å²) in [7, 11) is 3.35. The van der Waals surface area contributed by atoms with Crippen LogP contribution in [0, 0.1) is 5.92 Å². The van der Waals surface area contributed by atoms with E-state index in [1.54, 1.807) is 12.1 Å². The molecule has 110 valence electrons. The summed E-state index contributed by atoms with van der Waals surface area (Å²) in [4.78, 5) is 18.0. The van der Waals surface area contributed by atoms with Crippen LogP contribution in [-0.4, -0.2) is 31.2 Å². The number of ether oxygens (including phenoxy) is 1. The van der Waals surface area contributed by atoms with Crippen molar-refractivity contribution in [3.05, 3.63) is 17.8 Å². The number of rotatable bonds is 3. The van der Waals surface area contributed by atoms with Crippen LogP contribution < -0.4 is 10.6 Å². The van der Waals surface area contributed by atoms with Crippen LogP contribution in [0.2, 0.25) is 0 Å². The number of nitrogens with two attached hydrogens (primary N) is 1. The number of aromatic nitrogens is 1. The van der Waals surface area contributed by atoms with Crippen molar-refractivity contribution in [2.75, 3.05) is 24.8 Å². The molecule has 0 bridgehead atoms. The lowest BCUT2D eigenvalue weighted by Crippen LogP contribution is -2.36. The highest BCUT2D eigenvalue weighted by Crippen LogP contribution is 2.30. The van der Waals surface area contributed by atoms with Crippen molar-refractivity contribution in [3.8, 4) is 0 Å². The third-order valence-electron chi connectivity index (χ3n) is 4.17. The predicted molar refractivity (Wildman–Crippen MR) is 79.8 cm³/mol. The molecule has 5 nitrogen and oxygen atoms in total. The molecule has 0 saturated heterocycles. The number of carbonyl (C=O) groups excluding carboxylic acids is 1. The molecular formula is C15H23N3O2. The lowest BCUT2D eigenvalue weighted by Gasteiger charge is -2.34. The highest BCUT2D eigenvalue weighted by Gasteiger charge is 2.24. The number of pyridine rings is 1. The predicted octanol–water partition coefficient (Wildman–Crippen LogP) is 2.47. The molecule has 0 atom stereocenters. The number of esters is 1. The topological polar surface area (TPSA) is 68.5 Å². The van der Waals surface area contributed by atoms with Crippen LogP contribution in [0.5, 0.6) is 0 Å². The Morgan fingerprint density at radius 1 is 1.35 bits per heavy atom. The number of hydrogen-bond acceptors (Lipinski definition) is 5. The van der Waals surface area contributed by atoms with Crippen molar-refractivity contribution in [2.45, 2.75) is 38.6 Å². The van der Waals surface area contributed by atoms with Crippen LogP contribution in [-0.2, 0) is 4.74 Å². The zero-order valence-electron chi connectivity index (χ0n) is 12.4. The van der Waals surface area contributed by atoms with Crippen molar-refractivity contribution >= 4 is 17.5 Å². The molecule has 20 heavy (non-hydrogen) atoms. The fraction of sp³-hybridized carbons (Fsp3) is 0.600. The molecule has 1 fully saturated rings. The van der Waals surface area contributed by atoms with E-state index in [1.165, 1.54) is 20.0 Å². The monoisotopic (exact) mass is 277 g/mol. The van der Waals surface area contributed by atoms with Crippen LogP contribution in [0.4, 0.5) is 11.5 Å². The van der Waals surface area contributed by atoms with Crippen LogP contribution in [0.3, 0.4) is 0 Å². The van der Waals surface area contributed by atoms with Gasteiger partial charge in [-0.25, -0.2) is 9.78 Å². The van der Waals surface area contributed by atoms with Crippen LogP contribution in [0.15, 0.2) is 12.1 Å². The Kier molecular flexibility index (Phi) is 4.47. The molecule has 2 N–H and O–H groups in total. The Balaban J connectivity index is 2.20. The van der Waals surface area contributed by atoms with Gasteiger partial charge in [0.2, 0.25) is 0 Å². The summed E-state index contributed by atoms with van der Waals surface area (Å²) < 4.78 is 4.71. The molecule has 1 aliphatic rings. The molecule has 0 radical (unpaired) electrons. The van der Waals surface area contributed by atoms with Crippen molar-refractivity contribution in [2.24, 2.45) is 5.92 Å². The molecule has 0 aromatic carbocycles. The number of anilines is 2. The normalized spacial score (nSPS) is 22.4. The first-order chi connectivity index (χ1) is 9.52. The Morgan fingerprint density at radius 2 is 2.00 bits per heavy atom. The van der Waals surface area contributed by atoms with E-state index in [1.807, 2.05) is 7.05 Å². The van der Waals surface area contributed by atoms with Crippen molar-refractivity contribution < 1.29 is 9.53 Å². The summed E-state index contributed by atoms with van der Waals surface area (Å²) in [6.07, 6.45) is 4.74. The molecule has 1 aromatic rings. The lowest BCUT2D eigenvalue weighted by molar-refractivity contribution is 0.0594. The minimum absolute atomic E-state index is 0.299. The maximum Gasteiger partial charge on any atom is 0.356 e. The van der Waals surface area contributed by atoms with Gasteiger partial charge in [-0.05, 0) is 43.7 Å². The summed E-state index contributed by atoms with van der Waals surface area (Å²) in [5.41, 5.74) is 6.90. The van der Waals surface area contributed by atoms with E-state index >= 15 is 0 Å². The average Bonchev–Trinajstić information content (AvgIpc) is 2.47. The van der Waals surface area contributed by atoms with Gasteiger partial charge < -0.3 is 15.4 Å².